The number of benzene rings is 1. The Balaban J connectivity index is 0.00000363. The molecule has 1 atom stereocenters. The van der Waals surface area contributed by atoms with Gasteiger partial charge < -0.3 is 20.7 Å². The largest absolute Gasteiger partial charge is 0.379 e. The molecular weight excluding hydrogens is 537 g/mol. The van der Waals surface area contributed by atoms with E-state index in [9.17, 15) is 4.79 Å². The van der Waals surface area contributed by atoms with Crippen molar-refractivity contribution in [3.05, 3.63) is 58.3 Å². The molecular formula is C23H34IN5O2S. The van der Waals surface area contributed by atoms with E-state index in [0.29, 0.717) is 26.1 Å². The fraction of sp³-hybridized carbons (Fsp3) is 0.478. The summed E-state index contributed by atoms with van der Waals surface area (Å²) in [6.45, 7) is 7.94. The molecule has 1 aromatic carbocycles. The van der Waals surface area contributed by atoms with Gasteiger partial charge in [-0.2, -0.15) is 0 Å². The van der Waals surface area contributed by atoms with Gasteiger partial charge in [-0.05, 0) is 23.9 Å². The predicted octanol–water partition coefficient (Wildman–Crippen LogP) is 3.00. The summed E-state index contributed by atoms with van der Waals surface area (Å²) in [5.74, 6) is 0.769. The Morgan fingerprint density at radius 2 is 1.91 bits per heavy atom. The van der Waals surface area contributed by atoms with Crippen molar-refractivity contribution < 1.29 is 9.53 Å². The van der Waals surface area contributed by atoms with Crippen molar-refractivity contribution in [1.82, 2.24) is 20.9 Å². The van der Waals surface area contributed by atoms with Crippen LogP contribution in [0.2, 0.25) is 0 Å². The molecule has 7 nitrogen and oxygen atoms in total. The van der Waals surface area contributed by atoms with E-state index >= 15 is 0 Å². The van der Waals surface area contributed by atoms with Crippen LogP contribution >= 0.6 is 35.3 Å². The van der Waals surface area contributed by atoms with Gasteiger partial charge in [-0.3, -0.25) is 14.7 Å². The van der Waals surface area contributed by atoms with Gasteiger partial charge in [0.1, 0.15) is 0 Å². The van der Waals surface area contributed by atoms with E-state index in [1.54, 1.807) is 11.3 Å². The van der Waals surface area contributed by atoms with Gasteiger partial charge in [0.2, 0.25) is 5.91 Å². The van der Waals surface area contributed by atoms with Crippen LogP contribution in [-0.4, -0.2) is 62.7 Å². The van der Waals surface area contributed by atoms with Crippen LogP contribution in [0.15, 0.2) is 52.8 Å². The first-order chi connectivity index (χ1) is 15.3. The number of nitrogens with one attached hydrogen (secondary N) is 3. The van der Waals surface area contributed by atoms with Gasteiger partial charge in [-0.25, -0.2) is 0 Å². The summed E-state index contributed by atoms with van der Waals surface area (Å²) in [7, 11) is 0. The molecule has 3 N–H and O–H groups in total. The lowest BCUT2D eigenvalue weighted by Gasteiger charge is -2.33. The monoisotopic (exact) mass is 571 g/mol. The standard InChI is InChI=1S/C23H33N5O2S.HI/c1-2-24-23(25-11-10-22(29)26-17-19-7-4-3-5-8-19)27-18-20(21-9-6-16-31-21)28-12-14-30-15-13-28;/h3-9,16,20H,2,10-15,17-18H2,1H3,(H,26,29)(H2,24,25,27);1H. The highest BCUT2D eigenvalue weighted by molar-refractivity contribution is 14.0. The highest BCUT2D eigenvalue weighted by Gasteiger charge is 2.23. The normalized spacial score (nSPS) is 15.5. The summed E-state index contributed by atoms with van der Waals surface area (Å²) < 4.78 is 5.52. The Morgan fingerprint density at radius 3 is 2.59 bits per heavy atom. The van der Waals surface area contributed by atoms with Crippen molar-refractivity contribution in [2.45, 2.75) is 25.9 Å². The molecule has 1 fully saturated rings. The van der Waals surface area contributed by atoms with Crippen molar-refractivity contribution in [2.24, 2.45) is 4.99 Å². The van der Waals surface area contributed by atoms with Gasteiger partial charge >= 0.3 is 0 Å². The predicted molar refractivity (Wildman–Crippen MR) is 142 cm³/mol. The maximum atomic E-state index is 12.2. The third-order valence-corrected chi connectivity index (χ3v) is 6.08. The summed E-state index contributed by atoms with van der Waals surface area (Å²) in [4.78, 5) is 20.7. The van der Waals surface area contributed by atoms with Crippen molar-refractivity contribution in [1.29, 1.82) is 0 Å². The molecule has 1 amide bonds. The molecule has 32 heavy (non-hydrogen) atoms. The van der Waals surface area contributed by atoms with E-state index in [1.165, 1.54) is 4.88 Å². The third kappa shape index (κ3) is 9.05. The summed E-state index contributed by atoms with van der Waals surface area (Å²) in [5.41, 5.74) is 1.10. The van der Waals surface area contributed by atoms with Gasteiger partial charge in [-0.15, -0.1) is 35.3 Å². The number of hydrogen-bond donors (Lipinski definition) is 3. The minimum atomic E-state index is 0. The fourth-order valence-corrected chi connectivity index (χ4v) is 4.31. The molecule has 0 radical (unpaired) electrons. The Bertz CT molecular complexity index is 798. The maximum Gasteiger partial charge on any atom is 0.222 e. The first kappa shape index (κ1) is 26.6. The summed E-state index contributed by atoms with van der Waals surface area (Å²) in [5, 5.41) is 11.7. The smallest absolute Gasteiger partial charge is 0.222 e. The average Bonchev–Trinajstić information content (AvgIpc) is 3.34. The van der Waals surface area contributed by atoms with Crippen LogP contribution in [0.4, 0.5) is 0 Å². The van der Waals surface area contributed by atoms with Crippen LogP contribution in [0, 0.1) is 0 Å². The van der Waals surface area contributed by atoms with Crippen LogP contribution in [0.1, 0.15) is 29.8 Å². The van der Waals surface area contributed by atoms with E-state index in [1.807, 2.05) is 37.3 Å². The van der Waals surface area contributed by atoms with Crippen LogP contribution in [0.25, 0.3) is 0 Å². The topological polar surface area (TPSA) is 78.0 Å². The molecule has 1 aliphatic heterocycles. The molecule has 0 spiro atoms. The van der Waals surface area contributed by atoms with Crippen LogP contribution in [0.5, 0.6) is 0 Å². The Kier molecular flexibility index (Phi) is 12.6. The van der Waals surface area contributed by atoms with Crippen LogP contribution in [0.3, 0.4) is 0 Å². The molecule has 0 aliphatic carbocycles. The lowest BCUT2D eigenvalue weighted by Crippen LogP contribution is -2.42. The number of ether oxygens (including phenoxy) is 1. The quantitative estimate of drug-likeness (QED) is 0.232. The van der Waals surface area contributed by atoms with Crippen molar-refractivity contribution in [2.75, 3.05) is 45.9 Å². The highest BCUT2D eigenvalue weighted by Crippen LogP contribution is 2.26. The van der Waals surface area contributed by atoms with Crippen molar-refractivity contribution in [3.63, 3.8) is 0 Å². The molecule has 9 heteroatoms. The van der Waals surface area contributed by atoms with Gasteiger partial charge in [0.05, 0.1) is 25.8 Å². The molecule has 1 aromatic heterocycles. The van der Waals surface area contributed by atoms with E-state index in [4.69, 9.17) is 9.73 Å². The van der Waals surface area contributed by atoms with Crippen LogP contribution < -0.4 is 16.0 Å². The van der Waals surface area contributed by atoms with Gasteiger partial charge in [0.25, 0.3) is 0 Å². The average molecular weight is 572 g/mol. The zero-order chi connectivity index (χ0) is 21.7. The summed E-state index contributed by atoms with van der Waals surface area (Å²) in [6, 6.07) is 14.4. The molecule has 1 aliphatic rings. The number of carbonyl (C=O) groups excluding carboxylic acids is 1. The van der Waals surface area contributed by atoms with E-state index in [-0.39, 0.29) is 35.9 Å². The van der Waals surface area contributed by atoms with Gasteiger partial charge in [0, 0.05) is 44.0 Å². The number of halogens is 1. The van der Waals surface area contributed by atoms with E-state index in [2.05, 4.69) is 38.4 Å². The minimum absolute atomic E-state index is 0. The fourth-order valence-electron chi connectivity index (χ4n) is 3.45. The number of hydrogen-bond acceptors (Lipinski definition) is 5. The number of aliphatic imine (C=N–C) groups is 1. The van der Waals surface area contributed by atoms with E-state index in [0.717, 1.165) is 44.4 Å². The number of amides is 1. The zero-order valence-electron chi connectivity index (χ0n) is 18.6. The molecule has 2 aromatic rings. The summed E-state index contributed by atoms with van der Waals surface area (Å²) in [6.07, 6.45) is 0.398. The second-order valence-electron chi connectivity index (χ2n) is 7.34. The number of guanidine groups is 1. The molecule has 176 valence electrons. The maximum absolute atomic E-state index is 12.2. The summed E-state index contributed by atoms with van der Waals surface area (Å²) >= 11 is 1.77. The number of morpholine rings is 1. The van der Waals surface area contributed by atoms with Gasteiger partial charge in [0.15, 0.2) is 5.96 Å². The second kappa shape index (κ2) is 15.2. The molecule has 3 rings (SSSR count). The van der Waals surface area contributed by atoms with E-state index < -0.39 is 0 Å². The third-order valence-electron chi connectivity index (χ3n) is 5.10. The minimum Gasteiger partial charge on any atom is -0.379 e. The van der Waals surface area contributed by atoms with Crippen molar-refractivity contribution in [3.8, 4) is 0 Å². The Labute approximate surface area is 212 Å². The molecule has 2 heterocycles. The molecule has 0 saturated carbocycles. The molecule has 1 saturated heterocycles. The first-order valence-electron chi connectivity index (χ1n) is 10.9. The van der Waals surface area contributed by atoms with Crippen molar-refractivity contribution >= 4 is 47.2 Å². The second-order valence-corrected chi connectivity index (χ2v) is 8.32. The number of rotatable bonds is 10. The first-order valence-corrected chi connectivity index (χ1v) is 11.8. The number of nitrogens with zero attached hydrogens (tertiary/aromatic N) is 2. The lowest BCUT2D eigenvalue weighted by atomic mass is 10.2. The lowest BCUT2D eigenvalue weighted by molar-refractivity contribution is -0.121. The molecule has 1 unspecified atom stereocenters. The Morgan fingerprint density at radius 1 is 1.12 bits per heavy atom. The number of thiophene rings is 1. The molecule has 0 bridgehead atoms. The van der Waals surface area contributed by atoms with Gasteiger partial charge in [-0.1, -0.05) is 36.4 Å². The highest BCUT2D eigenvalue weighted by atomic mass is 127. The van der Waals surface area contributed by atoms with Crippen LogP contribution in [-0.2, 0) is 16.1 Å². The Hall–Kier alpha value is -1.69. The SMILES string of the molecule is CCNC(=NCC(c1cccs1)N1CCOCC1)NCCC(=O)NCc1ccccc1.I. The number of carbonyl (C=O) groups is 1. The zero-order valence-corrected chi connectivity index (χ0v) is 21.7.